The number of nitrogens with zero attached hydrogens (tertiary/aromatic N) is 2. The molecule has 92 valence electrons. The lowest BCUT2D eigenvalue weighted by atomic mass is 10.1. The number of primary amides is 1. The van der Waals surface area contributed by atoms with Crippen molar-refractivity contribution in [1.29, 1.82) is 5.26 Å². The molecule has 1 aliphatic rings. The van der Waals surface area contributed by atoms with Crippen LogP contribution in [-0.2, 0) is 9.59 Å². The first-order chi connectivity index (χ1) is 8.54. The van der Waals surface area contributed by atoms with E-state index in [9.17, 15) is 9.59 Å². The van der Waals surface area contributed by atoms with Crippen molar-refractivity contribution in [2.75, 3.05) is 11.4 Å². The molecule has 0 bridgehead atoms. The fourth-order valence-electron chi connectivity index (χ4n) is 1.98. The molecular formula is C12H10BrN3O2. The van der Waals surface area contributed by atoms with E-state index in [0.29, 0.717) is 15.7 Å². The Morgan fingerprint density at radius 2 is 2.28 bits per heavy atom. The third-order valence-corrected chi connectivity index (χ3v) is 3.58. The van der Waals surface area contributed by atoms with Crippen molar-refractivity contribution < 1.29 is 9.59 Å². The second kappa shape index (κ2) is 4.78. The van der Waals surface area contributed by atoms with E-state index in [-0.39, 0.29) is 18.9 Å². The summed E-state index contributed by atoms with van der Waals surface area (Å²) < 4.78 is 0.623. The van der Waals surface area contributed by atoms with Gasteiger partial charge in [0, 0.05) is 17.4 Å². The third kappa shape index (κ3) is 2.09. The zero-order valence-corrected chi connectivity index (χ0v) is 11.0. The lowest BCUT2D eigenvalue weighted by Crippen LogP contribution is -2.28. The molecule has 0 aromatic heterocycles. The van der Waals surface area contributed by atoms with Crippen LogP contribution in [0.25, 0.3) is 0 Å². The predicted octanol–water partition coefficient (Wildman–Crippen LogP) is 1.16. The first kappa shape index (κ1) is 12.6. The van der Waals surface area contributed by atoms with E-state index in [1.165, 1.54) is 4.90 Å². The van der Waals surface area contributed by atoms with E-state index in [4.69, 9.17) is 11.0 Å². The van der Waals surface area contributed by atoms with Crippen LogP contribution in [0.5, 0.6) is 0 Å². The molecule has 6 heteroatoms. The average Bonchev–Trinajstić information content (AvgIpc) is 2.71. The summed E-state index contributed by atoms with van der Waals surface area (Å²) in [7, 11) is 0. The molecule has 18 heavy (non-hydrogen) atoms. The highest BCUT2D eigenvalue weighted by atomic mass is 79.9. The lowest BCUT2D eigenvalue weighted by molar-refractivity contribution is -0.123. The Morgan fingerprint density at radius 3 is 2.83 bits per heavy atom. The molecule has 2 rings (SSSR count). The number of nitriles is 1. The Morgan fingerprint density at radius 1 is 1.56 bits per heavy atom. The molecule has 0 radical (unpaired) electrons. The second-order valence-corrected chi connectivity index (χ2v) is 4.91. The van der Waals surface area contributed by atoms with Crippen LogP contribution in [0.15, 0.2) is 22.7 Å². The van der Waals surface area contributed by atoms with Crippen LogP contribution in [0.3, 0.4) is 0 Å². The smallest absolute Gasteiger partial charge is 0.227 e. The van der Waals surface area contributed by atoms with Gasteiger partial charge in [0.25, 0.3) is 0 Å². The molecule has 1 heterocycles. The topological polar surface area (TPSA) is 87.2 Å². The van der Waals surface area contributed by atoms with E-state index in [0.717, 1.165) is 0 Å². The van der Waals surface area contributed by atoms with E-state index in [2.05, 4.69) is 15.9 Å². The van der Waals surface area contributed by atoms with E-state index >= 15 is 0 Å². The number of halogens is 1. The molecule has 1 aliphatic heterocycles. The molecule has 2 N–H and O–H groups in total. The number of carbonyl (C=O) groups is 2. The number of anilines is 1. The van der Waals surface area contributed by atoms with Crippen molar-refractivity contribution in [2.24, 2.45) is 11.7 Å². The number of amides is 2. The normalized spacial score (nSPS) is 18.8. The van der Waals surface area contributed by atoms with Crippen molar-refractivity contribution in [1.82, 2.24) is 0 Å². The number of rotatable bonds is 2. The Balaban J connectivity index is 2.39. The second-order valence-electron chi connectivity index (χ2n) is 4.05. The molecule has 1 saturated heterocycles. The third-order valence-electron chi connectivity index (χ3n) is 2.92. The molecule has 5 nitrogen and oxygen atoms in total. The predicted molar refractivity (Wildman–Crippen MR) is 68.5 cm³/mol. The van der Waals surface area contributed by atoms with Gasteiger partial charge in [-0.1, -0.05) is 6.07 Å². The van der Waals surface area contributed by atoms with Gasteiger partial charge in [0.05, 0.1) is 17.2 Å². The summed E-state index contributed by atoms with van der Waals surface area (Å²) in [6.07, 6.45) is 0.104. The fourth-order valence-corrected chi connectivity index (χ4v) is 2.42. The van der Waals surface area contributed by atoms with Gasteiger partial charge >= 0.3 is 0 Å². The minimum atomic E-state index is -0.487. The summed E-state index contributed by atoms with van der Waals surface area (Å²) in [5, 5.41) is 9.11. The zero-order chi connectivity index (χ0) is 13.3. The van der Waals surface area contributed by atoms with Crippen LogP contribution in [0.4, 0.5) is 5.69 Å². The summed E-state index contributed by atoms with van der Waals surface area (Å²) in [6, 6.07) is 7.21. The number of nitrogens with two attached hydrogens (primary N) is 1. The van der Waals surface area contributed by atoms with Gasteiger partial charge in [-0.3, -0.25) is 9.59 Å². The maximum atomic E-state index is 11.9. The van der Waals surface area contributed by atoms with Crippen LogP contribution in [-0.4, -0.2) is 18.4 Å². The highest BCUT2D eigenvalue weighted by Crippen LogP contribution is 2.31. The highest BCUT2D eigenvalue weighted by molar-refractivity contribution is 9.10. The molecule has 2 amide bonds. The van der Waals surface area contributed by atoms with Gasteiger partial charge in [-0.15, -0.1) is 0 Å². The van der Waals surface area contributed by atoms with E-state index < -0.39 is 11.8 Å². The number of benzene rings is 1. The molecule has 1 fully saturated rings. The molecule has 1 aromatic rings. The molecule has 0 spiro atoms. The molecule has 1 unspecified atom stereocenters. The zero-order valence-electron chi connectivity index (χ0n) is 9.39. The standard InChI is InChI=1S/C12H10BrN3O2/c13-9-2-1-3-10(8(9)5-14)16-6-7(12(15)18)4-11(16)17/h1-3,7H,4,6H2,(H2,15,18). The van der Waals surface area contributed by atoms with Crippen molar-refractivity contribution >= 4 is 33.4 Å². The number of hydrogen-bond acceptors (Lipinski definition) is 3. The summed E-state index contributed by atoms with van der Waals surface area (Å²) in [4.78, 5) is 24.4. The fraction of sp³-hybridized carbons (Fsp3) is 0.250. The number of hydrogen-bond donors (Lipinski definition) is 1. The average molecular weight is 308 g/mol. The van der Waals surface area contributed by atoms with Gasteiger partial charge in [-0.2, -0.15) is 5.26 Å². The van der Waals surface area contributed by atoms with Gasteiger partial charge in [0.15, 0.2) is 0 Å². The Labute approximate surface area is 112 Å². The van der Waals surface area contributed by atoms with Crippen molar-refractivity contribution in [3.8, 4) is 6.07 Å². The maximum absolute atomic E-state index is 11.9. The largest absolute Gasteiger partial charge is 0.369 e. The molecule has 1 aromatic carbocycles. The van der Waals surface area contributed by atoms with Gasteiger partial charge in [-0.05, 0) is 28.1 Å². The first-order valence-electron chi connectivity index (χ1n) is 5.33. The van der Waals surface area contributed by atoms with Crippen LogP contribution in [0.1, 0.15) is 12.0 Å². The maximum Gasteiger partial charge on any atom is 0.227 e. The van der Waals surface area contributed by atoms with Crippen LogP contribution in [0, 0.1) is 17.2 Å². The minimum absolute atomic E-state index is 0.104. The van der Waals surface area contributed by atoms with Crippen LogP contribution in [0.2, 0.25) is 0 Å². The van der Waals surface area contributed by atoms with Gasteiger partial charge in [-0.25, -0.2) is 0 Å². The van der Waals surface area contributed by atoms with Crippen LogP contribution < -0.4 is 10.6 Å². The highest BCUT2D eigenvalue weighted by Gasteiger charge is 2.35. The van der Waals surface area contributed by atoms with E-state index in [1.807, 2.05) is 6.07 Å². The lowest BCUT2D eigenvalue weighted by Gasteiger charge is -2.18. The quantitative estimate of drug-likeness (QED) is 0.889. The van der Waals surface area contributed by atoms with Crippen molar-refractivity contribution in [3.63, 3.8) is 0 Å². The Kier molecular flexibility index (Phi) is 3.34. The Hall–Kier alpha value is -1.87. The summed E-state index contributed by atoms with van der Waals surface area (Å²) in [5.41, 5.74) is 6.11. The SMILES string of the molecule is N#Cc1c(Br)cccc1N1CC(C(N)=O)CC1=O. The summed E-state index contributed by atoms with van der Waals surface area (Å²) in [5.74, 6) is -1.16. The van der Waals surface area contributed by atoms with Crippen molar-refractivity contribution in [3.05, 3.63) is 28.2 Å². The van der Waals surface area contributed by atoms with Crippen LogP contribution >= 0.6 is 15.9 Å². The van der Waals surface area contributed by atoms with Crippen molar-refractivity contribution in [2.45, 2.75) is 6.42 Å². The van der Waals surface area contributed by atoms with E-state index in [1.54, 1.807) is 18.2 Å². The molecule has 0 saturated carbocycles. The molecular weight excluding hydrogens is 298 g/mol. The monoisotopic (exact) mass is 307 g/mol. The van der Waals surface area contributed by atoms with Gasteiger partial charge in [0.1, 0.15) is 6.07 Å². The minimum Gasteiger partial charge on any atom is -0.369 e. The number of carbonyl (C=O) groups excluding carboxylic acids is 2. The summed E-state index contributed by atoms with van der Waals surface area (Å²) >= 11 is 3.27. The first-order valence-corrected chi connectivity index (χ1v) is 6.12. The summed E-state index contributed by atoms with van der Waals surface area (Å²) in [6.45, 7) is 0.235. The molecule has 1 atom stereocenters. The van der Waals surface area contributed by atoms with Gasteiger partial charge in [0.2, 0.25) is 11.8 Å². The molecule has 0 aliphatic carbocycles. The Bertz CT molecular complexity index is 565. The van der Waals surface area contributed by atoms with Gasteiger partial charge < -0.3 is 10.6 Å².